The van der Waals surface area contributed by atoms with Crippen molar-refractivity contribution in [3.05, 3.63) is 106 Å². The molecule has 0 spiro atoms. The molecule has 1 aliphatic rings. The Hall–Kier alpha value is -3.29. The van der Waals surface area contributed by atoms with Gasteiger partial charge in [0.1, 0.15) is 18.1 Å². The number of hydrogen-bond acceptors (Lipinski definition) is 3. The zero-order valence-corrected chi connectivity index (χ0v) is 20.2. The highest BCUT2D eigenvalue weighted by molar-refractivity contribution is 9.10. The molecule has 7 heteroatoms. The number of halogens is 2. The lowest BCUT2D eigenvalue weighted by Gasteiger charge is -2.23. The van der Waals surface area contributed by atoms with Crippen LogP contribution in [0, 0.1) is 12.7 Å². The van der Waals surface area contributed by atoms with Gasteiger partial charge in [-0.3, -0.25) is 4.79 Å². The Morgan fingerprint density at radius 3 is 2.44 bits per heavy atom. The Labute approximate surface area is 205 Å². The molecule has 2 heterocycles. The van der Waals surface area contributed by atoms with Crippen LogP contribution in [0.4, 0.5) is 4.39 Å². The van der Waals surface area contributed by atoms with Crippen LogP contribution in [0.5, 0.6) is 0 Å². The molecule has 0 N–H and O–H groups in total. The average molecular weight is 520 g/mol. The van der Waals surface area contributed by atoms with E-state index in [1.165, 1.54) is 17.7 Å². The number of aromatic nitrogens is 2. The van der Waals surface area contributed by atoms with Crippen LogP contribution in [-0.2, 0) is 16.0 Å². The van der Waals surface area contributed by atoms with E-state index < -0.39 is 6.23 Å². The van der Waals surface area contributed by atoms with Gasteiger partial charge in [0, 0.05) is 28.3 Å². The normalized spacial score (nSPS) is 15.8. The molecule has 1 atom stereocenters. The minimum atomic E-state index is -0.567. The second-order valence-corrected chi connectivity index (χ2v) is 9.26. The van der Waals surface area contributed by atoms with Gasteiger partial charge < -0.3 is 9.64 Å². The van der Waals surface area contributed by atoms with Crippen molar-refractivity contribution in [3.63, 3.8) is 0 Å². The Bertz CT molecular complexity index is 1300. The van der Waals surface area contributed by atoms with Gasteiger partial charge in [-0.15, -0.1) is 0 Å². The van der Waals surface area contributed by atoms with Crippen LogP contribution < -0.4 is 0 Å². The number of nitrogens with zero attached hydrogens (tertiary/aromatic N) is 3. The standard InChI is InChI=1S/C27H23BrFN3O2/c1-18-2-4-19(5-3-18)14-15-31-25(33)17-34-27(31)24-16-32(23-12-8-21(28)9-13-23)30-26(24)20-6-10-22(29)11-7-20/h2-13,16,27H,14-15,17H2,1H3. The molecule has 5 rings (SSSR count). The maximum absolute atomic E-state index is 13.6. The fourth-order valence-corrected chi connectivity index (χ4v) is 4.35. The number of carbonyl (C=O) groups excluding carboxylic acids is 1. The second-order valence-electron chi connectivity index (χ2n) is 8.35. The summed E-state index contributed by atoms with van der Waals surface area (Å²) >= 11 is 3.46. The van der Waals surface area contributed by atoms with E-state index in [4.69, 9.17) is 9.84 Å². The lowest BCUT2D eigenvalue weighted by Crippen LogP contribution is -2.30. The molecule has 1 saturated heterocycles. The predicted octanol–water partition coefficient (Wildman–Crippen LogP) is 5.85. The van der Waals surface area contributed by atoms with Crippen molar-refractivity contribution < 1.29 is 13.9 Å². The second kappa shape index (κ2) is 9.52. The molecule has 5 nitrogen and oxygen atoms in total. The lowest BCUT2D eigenvalue weighted by atomic mass is 10.1. The number of benzene rings is 3. The summed E-state index contributed by atoms with van der Waals surface area (Å²) in [5.74, 6) is -0.372. The molecule has 1 amide bonds. The highest BCUT2D eigenvalue weighted by atomic mass is 79.9. The summed E-state index contributed by atoms with van der Waals surface area (Å²) in [4.78, 5) is 14.5. The summed E-state index contributed by atoms with van der Waals surface area (Å²) < 4.78 is 22.3. The van der Waals surface area contributed by atoms with E-state index in [9.17, 15) is 9.18 Å². The number of amides is 1. The highest BCUT2D eigenvalue weighted by Crippen LogP contribution is 2.35. The van der Waals surface area contributed by atoms with Gasteiger partial charge in [0.05, 0.1) is 5.69 Å². The first-order valence-electron chi connectivity index (χ1n) is 11.1. The number of carbonyl (C=O) groups is 1. The van der Waals surface area contributed by atoms with Gasteiger partial charge in [0.25, 0.3) is 5.91 Å². The van der Waals surface area contributed by atoms with Crippen LogP contribution in [0.15, 0.2) is 83.5 Å². The van der Waals surface area contributed by atoms with Gasteiger partial charge >= 0.3 is 0 Å². The van der Waals surface area contributed by atoms with Gasteiger partial charge in [-0.05, 0) is 67.4 Å². The molecule has 1 fully saturated rings. The molecule has 1 aromatic heterocycles. The fraction of sp³-hybridized carbons (Fsp3) is 0.185. The van der Waals surface area contributed by atoms with Crippen molar-refractivity contribution in [1.29, 1.82) is 0 Å². The smallest absolute Gasteiger partial charge is 0.250 e. The molecular weight excluding hydrogens is 497 g/mol. The molecule has 0 radical (unpaired) electrons. The number of rotatable bonds is 6. The Balaban J connectivity index is 1.50. The van der Waals surface area contributed by atoms with Crippen molar-refractivity contribution in [1.82, 2.24) is 14.7 Å². The van der Waals surface area contributed by atoms with Crippen LogP contribution >= 0.6 is 15.9 Å². The average Bonchev–Trinajstić information content (AvgIpc) is 3.43. The molecule has 0 bridgehead atoms. The third-order valence-electron chi connectivity index (χ3n) is 5.95. The first kappa shape index (κ1) is 22.5. The summed E-state index contributed by atoms with van der Waals surface area (Å²) in [6.07, 6.45) is 2.05. The predicted molar refractivity (Wildman–Crippen MR) is 132 cm³/mol. The van der Waals surface area contributed by atoms with Gasteiger partial charge in [0.2, 0.25) is 0 Å². The topological polar surface area (TPSA) is 47.4 Å². The quantitative estimate of drug-likeness (QED) is 0.321. The van der Waals surface area contributed by atoms with E-state index in [0.29, 0.717) is 12.2 Å². The summed E-state index contributed by atoms with van der Waals surface area (Å²) in [7, 11) is 0. The van der Waals surface area contributed by atoms with E-state index in [1.807, 2.05) is 30.5 Å². The van der Waals surface area contributed by atoms with Crippen LogP contribution in [-0.4, -0.2) is 33.7 Å². The first-order chi connectivity index (χ1) is 16.5. The summed E-state index contributed by atoms with van der Waals surface area (Å²) in [6.45, 7) is 2.60. The monoisotopic (exact) mass is 519 g/mol. The minimum absolute atomic E-state index is 0.0187. The number of aryl methyl sites for hydroxylation is 1. The number of hydrogen-bond donors (Lipinski definition) is 0. The van der Waals surface area contributed by atoms with Gasteiger partial charge in [-0.1, -0.05) is 45.8 Å². The van der Waals surface area contributed by atoms with Gasteiger partial charge in [-0.25, -0.2) is 9.07 Å². The Morgan fingerprint density at radius 1 is 1.03 bits per heavy atom. The van der Waals surface area contributed by atoms with E-state index >= 15 is 0 Å². The molecule has 0 aliphatic carbocycles. The van der Waals surface area contributed by atoms with Crippen molar-refractivity contribution in [2.75, 3.05) is 13.2 Å². The van der Waals surface area contributed by atoms with Crippen molar-refractivity contribution >= 4 is 21.8 Å². The van der Waals surface area contributed by atoms with Crippen LogP contribution in [0.1, 0.15) is 22.9 Å². The Morgan fingerprint density at radius 2 is 1.74 bits per heavy atom. The van der Waals surface area contributed by atoms with Crippen LogP contribution in [0.25, 0.3) is 16.9 Å². The molecule has 0 saturated carbocycles. The van der Waals surface area contributed by atoms with E-state index in [-0.39, 0.29) is 18.3 Å². The van der Waals surface area contributed by atoms with Crippen LogP contribution in [0.2, 0.25) is 0 Å². The zero-order chi connectivity index (χ0) is 23.7. The molecule has 172 valence electrons. The molecular formula is C27H23BrFN3O2. The molecule has 34 heavy (non-hydrogen) atoms. The molecule has 3 aromatic carbocycles. The van der Waals surface area contributed by atoms with Gasteiger partial charge in [-0.2, -0.15) is 5.10 Å². The largest absolute Gasteiger partial charge is 0.344 e. The van der Waals surface area contributed by atoms with Crippen LogP contribution in [0.3, 0.4) is 0 Å². The summed E-state index contributed by atoms with van der Waals surface area (Å²) in [5.41, 5.74) is 5.41. The fourth-order valence-electron chi connectivity index (χ4n) is 4.08. The Kier molecular flexibility index (Phi) is 6.30. The van der Waals surface area contributed by atoms with Crippen molar-refractivity contribution in [3.8, 4) is 16.9 Å². The van der Waals surface area contributed by atoms with Crippen molar-refractivity contribution in [2.24, 2.45) is 0 Å². The van der Waals surface area contributed by atoms with E-state index in [1.54, 1.807) is 21.7 Å². The first-order valence-corrected chi connectivity index (χ1v) is 11.9. The third-order valence-corrected chi connectivity index (χ3v) is 6.48. The third kappa shape index (κ3) is 4.67. The summed E-state index contributed by atoms with van der Waals surface area (Å²) in [5, 5.41) is 4.80. The molecule has 1 aliphatic heterocycles. The van der Waals surface area contributed by atoms with E-state index in [2.05, 4.69) is 47.1 Å². The maximum Gasteiger partial charge on any atom is 0.250 e. The maximum atomic E-state index is 13.6. The minimum Gasteiger partial charge on any atom is -0.344 e. The number of ether oxygens (including phenoxy) is 1. The highest BCUT2D eigenvalue weighted by Gasteiger charge is 2.36. The van der Waals surface area contributed by atoms with Gasteiger partial charge in [0.15, 0.2) is 6.23 Å². The zero-order valence-electron chi connectivity index (χ0n) is 18.6. The van der Waals surface area contributed by atoms with E-state index in [0.717, 1.165) is 33.3 Å². The van der Waals surface area contributed by atoms with Crippen molar-refractivity contribution in [2.45, 2.75) is 19.6 Å². The SMILES string of the molecule is Cc1ccc(CCN2C(=O)COC2c2cn(-c3ccc(Br)cc3)nc2-c2ccc(F)cc2)cc1. The molecule has 4 aromatic rings. The summed E-state index contributed by atoms with van der Waals surface area (Å²) in [6, 6.07) is 22.3. The molecule has 1 unspecified atom stereocenters. The lowest BCUT2D eigenvalue weighted by molar-refractivity contribution is -0.128.